The molecule has 1 aromatic rings. The Balaban J connectivity index is 3.15. The van der Waals surface area contributed by atoms with Crippen LogP contribution in [0.1, 0.15) is 10.4 Å². The number of halogens is 1. The number of alkyl halides is 1. The largest absolute Gasteiger partial charge is 0.508 e. The molecule has 0 aliphatic heterocycles. The van der Waals surface area contributed by atoms with Crippen molar-refractivity contribution in [3.63, 3.8) is 0 Å². The van der Waals surface area contributed by atoms with Crippen molar-refractivity contribution in [2.75, 3.05) is 12.4 Å². The Labute approximate surface area is 90.6 Å². The number of hydrogen-bond donors (Lipinski definition) is 0. The van der Waals surface area contributed by atoms with Crippen LogP contribution in [0.25, 0.3) is 4.85 Å². The van der Waals surface area contributed by atoms with Gasteiger partial charge in [0, 0.05) is 5.56 Å². The fourth-order valence-electron chi connectivity index (χ4n) is 1.03. The maximum absolute atomic E-state index is 11.3. The summed E-state index contributed by atoms with van der Waals surface area (Å²) in [5.41, 5.74) is 0.882. The van der Waals surface area contributed by atoms with Gasteiger partial charge in [-0.05, 0) is 12.1 Å². The van der Waals surface area contributed by atoms with Crippen molar-refractivity contribution in [3.05, 3.63) is 35.2 Å². The molecular weight excluding hydrogens is 246 g/mol. The molecule has 4 heteroatoms. The third-order valence-electron chi connectivity index (χ3n) is 1.74. The summed E-state index contributed by atoms with van der Waals surface area (Å²) in [7, 11) is 1.50. The Morgan fingerprint density at radius 3 is 2.86 bits per heavy atom. The van der Waals surface area contributed by atoms with Crippen LogP contribution in [0.2, 0.25) is 0 Å². The van der Waals surface area contributed by atoms with E-state index in [1.54, 1.807) is 12.1 Å². The van der Waals surface area contributed by atoms with Crippen LogP contribution in [0.5, 0.6) is 5.75 Å². The molecule has 0 radical (unpaired) electrons. The van der Waals surface area contributed by atoms with Crippen molar-refractivity contribution in [1.82, 2.24) is 0 Å². The Morgan fingerprint density at radius 2 is 2.36 bits per heavy atom. The van der Waals surface area contributed by atoms with Gasteiger partial charge in [-0.2, -0.15) is 0 Å². The molecule has 0 amide bonds. The summed E-state index contributed by atoms with van der Waals surface area (Å²) in [6, 6.07) is 4.82. The maximum Gasteiger partial charge on any atom is 0.228 e. The average Bonchev–Trinajstić information content (AvgIpc) is 2.26. The Morgan fingerprint density at radius 1 is 1.64 bits per heavy atom. The number of methoxy groups -OCH3 is 1. The van der Waals surface area contributed by atoms with Gasteiger partial charge in [-0.15, -0.1) is 0 Å². The smallest absolute Gasteiger partial charge is 0.228 e. The average molecular weight is 254 g/mol. The number of carbonyl (C=O) groups excluding carboxylic acids is 1. The molecule has 0 fully saturated rings. The zero-order chi connectivity index (χ0) is 10.6. The lowest BCUT2D eigenvalue weighted by Gasteiger charge is -2.03. The maximum atomic E-state index is 11.3. The van der Waals surface area contributed by atoms with Gasteiger partial charge < -0.3 is 4.74 Å². The predicted octanol–water partition coefficient (Wildman–Crippen LogP) is 2.82. The van der Waals surface area contributed by atoms with Crippen molar-refractivity contribution in [2.24, 2.45) is 0 Å². The number of nitrogens with zero attached hydrogens (tertiary/aromatic N) is 1. The molecule has 0 saturated heterocycles. The van der Waals surface area contributed by atoms with Crippen molar-refractivity contribution in [1.29, 1.82) is 0 Å². The first kappa shape index (κ1) is 10.7. The minimum Gasteiger partial charge on any atom is -0.508 e. The van der Waals surface area contributed by atoms with Crippen LogP contribution in [-0.4, -0.2) is 18.2 Å². The van der Waals surface area contributed by atoms with Gasteiger partial charge in [0.15, 0.2) is 5.78 Å². The van der Waals surface area contributed by atoms with Gasteiger partial charge in [-0.25, -0.2) is 4.85 Å². The van der Waals surface area contributed by atoms with E-state index in [-0.39, 0.29) is 11.1 Å². The summed E-state index contributed by atoms with van der Waals surface area (Å²) in [4.78, 5) is 14.6. The fraction of sp³-hybridized carbons (Fsp3) is 0.200. The number of rotatable bonds is 3. The van der Waals surface area contributed by atoms with E-state index in [4.69, 9.17) is 11.3 Å². The number of ether oxygens (including phenoxy) is 1. The quantitative estimate of drug-likeness (QED) is 0.471. The second-order valence-electron chi connectivity index (χ2n) is 2.56. The molecule has 72 valence electrons. The van der Waals surface area contributed by atoms with Gasteiger partial charge in [-0.3, -0.25) is 4.79 Å². The lowest BCUT2D eigenvalue weighted by Crippen LogP contribution is -1.99. The van der Waals surface area contributed by atoms with E-state index in [9.17, 15) is 4.79 Å². The van der Waals surface area contributed by atoms with E-state index in [0.29, 0.717) is 17.0 Å². The van der Waals surface area contributed by atoms with E-state index in [1.165, 1.54) is 13.2 Å². The summed E-state index contributed by atoms with van der Waals surface area (Å²) in [5, 5.41) is 0.261. The van der Waals surface area contributed by atoms with Crippen molar-refractivity contribution in [3.8, 4) is 5.75 Å². The van der Waals surface area contributed by atoms with Gasteiger partial charge >= 0.3 is 0 Å². The second-order valence-corrected chi connectivity index (χ2v) is 3.12. The lowest BCUT2D eigenvalue weighted by atomic mass is 10.1. The minimum absolute atomic E-state index is 0.0439. The highest BCUT2D eigenvalue weighted by atomic mass is 79.9. The van der Waals surface area contributed by atoms with Crippen LogP contribution in [-0.2, 0) is 0 Å². The normalized spacial score (nSPS) is 9.21. The minimum atomic E-state index is -0.0439. The van der Waals surface area contributed by atoms with Crippen molar-refractivity contribution >= 4 is 27.4 Å². The summed E-state index contributed by atoms with van der Waals surface area (Å²) >= 11 is 3.08. The first-order valence-electron chi connectivity index (χ1n) is 3.87. The molecule has 0 atom stereocenters. The highest BCUT2D eigenvalue weighted by molar-refractivity contribution is 9.09. The zero-order valence-corrected chi connectivity index (χ0v) is 9.17. The Hall–Kier alpha value is -1.34. The van der Waals surface area contributed by atoms with Crippen LogP contribution in [0.15, 0.2) is 18.2 Å². The summed E-state index contributed by atoms with van der Waals surface area (Å²) in [6.45, 7) is 6.90. The van der Waals surface area contributed by atoms with Gasteiger partial charge in [0.1, 0.15) is 5.75 Å². The van der Waals surface area contributed by atoms with Gasteiger partial charge in [0.25, 0.3) is 0 Å². The summed E-state index contributed by atoms with van der Waals surface area (Å²) in [6.07, 6.45) is 0. The zero-order valence-electron chi connectivity index (χ0n) is 7.58. The molecule has 0 N–H and O–H groups in total. The molecular formula is C10H8BrNO2. The number of carbonyl (C=O) groups is 1. The Kier molecular flexibility index (Phi) is 3.66. The van der Waals surface area contributed by atoms with Crippen molar-refractivity contribution < 1.29 is 9.53 Å². The van der Waals surface area contributed by atoms with Crippen LogP contribution in [0, 0.1) is 6.57 Å². The third kappa shape index (κ3) is 2.12. The SMILES string of the molecule is [C-]#[N+]c1cc(C(=O)CBr)ccc1OC. The molecule has 14 heavy (non-hydrogen) atoms. The van der Waals surface area contributed by atoms with Crippen LogP contribution in [0.4, 0.5) is 5.69 Å². The van der Waals surface area contributed by atoms with Crippen molar-refractivity contribution in [2.45, 2.75) is 0 Å². The molecule has 3 nitrogen and oxygen atoms in total. The molecule has 0 saturated carbocycles. The van der Waals surface area contributed by atoms with Crippen LogP contribution < -0.4 is 4.74 Å². The molecule has 0 aromatic heterocycles. The van der Waals surface area contributed by atoms with Gasteiger partial charge in [0.2, 0.25) is 5.69 Å². The third-order valence-corrected chi connectivity index (χ3v) is 2.25. The Bertz CT molecular complexity index is 396. The van der Waals surface area contributed by atoms with Crippen LogP contribution >= 0.6 is 15.9 Å². The number of benzene rings is 1. The first-order chi connectivity index (χ1) is 6.72. The molecule has 1 aromatic carbocycles. The van der Waals surface area contributed by atoms with Crippen LogP contribution in [0.3, 0.4) is 0 Å². The van der Waals surface area contributed by atoms with E-state index in [2.05, 4.69) is 20.8 Å². The summed E-state index contributed by atoms with van der Waals surface area (Å²) in [5.74, 6) is 0.448. The molecule has 0 heterocycles. The first-order valence-corrected chi connectivity index (χ1v) is 4.99. The fourth-order valence-corrected chi connectivity index (χ4v) is 1.35. The van der Waals surface area contributed by atoms with E-state index in [1.807, 2.05) is 0 Å². The van der Waals surface area contributed by atoms with Gasteiger partial charge in [0.05, 0.1) is 19.0 Å². The molecule has 0 aliphatic rings. The summed E-state index contributed by atoms with van der Waals surface area (Å²) < 4.78 is 4.97. The van der Waals surface area contributed by atoms with E-state index < -0.39 is 0 Å². The molecule has 0 aliphatic carbocycles. The van der Waals surface area contributed by atoms with E-state index >= 15 is 0 Å². The van der Waals surface area contributed by atoms with E-state index in [0.717, 1.165) is 0 Å². The lowest BCUT2D eigenvalue weighted by molar-refractivity contribution is 0.102. The number of ketones is 1. The highest BCUT2D eigenvalue weighted by Crippen LogP contribution is 2.28. The molecule has 1 rings (SSSR count). The molecule has 0 unspecified atom stereocenters. The predicted molar refractivity (Wildman–Crippen MR) is 57.4 cm³/mol. The standard InChI is InChI=1S/C10H8BrNO2/c1-12-8-5-7(9(13)6-11)3-4-10(8)14-2/h3-5H,6H2,2H3. The monoisotopic (exact) mass is 253 g/mol. The number of Topliss-reactive ketones (excluding diaryl/α,β-unsaturated/α-hetero) is 1. The molecule has 0 spiro atoms. The topological polar surface area (TPSA) is 30.7 Å². The second kappa shape index (κ2) is 4.77. The van der Waals surface area contributed by atoms with Gasteiger partial charge in [-0.1, -0.05) is 22.0 Å². The highest BCUT2D eigenvalue weighted by Gasteiger charge is 2.08. The molecule has 0 bridgehead atoms. The number of hydrogen-bond acceptors (Lipinski definition) is 2.